The standard InChI is InChI=1S/C15H17NO2P2/c1-3-13-7-5-9-15(11-13)18-20-16-19-17-14-8-4-6-12(2)10-14/h4-11,20H,3H2,1-2H3. The van der Waals surface area contributed by atoms with E-state index < -0.39 is 0 Å². The fourth-order valence-electron chi connectivity index (χ4n) is 1.66. The van der Waals surface area contributed by atoms with Crippen molar-refractivity contribution in [2.75, 3.05) is 0 Å². The van der Waals surface area contributed by atoms with Crippen LogP contribution in [0.2, 0.25) is 0 Å². The zero-order valence-electron chi connectivity index (χ0n) is 11.5. The minimum absolute atomic E-state index is 0.0441. The van der Waals surface area contributed by atoms with Gasteiger partial charge in [-0.2, -0.15) is 4.52 Å². The molecule has 0 bridgehead atoms. The lowest BCUT2D eigenvalue weighted by Crippen LogP contribution is -1.81. The predicted octanol–water partition coefficient (Wildman–Crippen LogP) is 5.57. The second kappa shape index (κ2) is 7.99. The molecular weight excluding hydrogens is 288 g/mol. The van der Waals surface area contributed by atoms with E-state index in [0.29, 0.717) is 8.60 Å². The Morgan fingerprint density at radius 1 is 1.10 bits per heavy atom. The molecule has 3 nitrogen and oxygen atoms in total. The Morgan fingerprint density at radius 2 is 1.90 bits per heavy atom. The molecule has 0 aromatic heterocycles. The van der Waals surface area contributed by atoms with Gasteiger partial charge in [-0.3, -0.25) is 0 Å². The van der Waals surface area contributed by atoms with Crippen molar-refractivity contribution in [1.29, 1.82) is 0 Å². The minimum Gasteiger partial charge on any atom is -0.454 e. The summed E-state index contributed by atoms with van der Waals surface area (Å²) in [6.45, 7) is 4.16. The fourth-order valence-corrected chi connectivity index (χ4v) is 2.56. The molecule has 2 aromatic rings. The smallest absolute Gasteiger partial charge is 0.249 e. The van der Waals surface area contributed by atoms with Gasteiger partial charge < -0.3 is 9.05 Å². The van der Waals surface area contributed by atoms with Gasteiger partial charge in [-0.1, -0.05) is 31.2 Å². The zero-order chi connectivity index (χ0) is 14.2. The van der Waals surface area contributed by atoms with Gasteiger partial charge in [0.15, 0.2) is 0 Å². The van der Waals surface area contributed by atoms with E-state index in [1.165, 1.54) is 11.1 Å². The van der Waals surface area contributed by atoms with Gasteiger partial charge >= 0.3 is 0 Å². The first-order chi connectivity index (χ1) is 9.78. The third-order valence-corrected chi connectivity index (χ3v) is 3.96. The molecule has 0 heterocycles. The van der Waals surface area contributed by atoms with Crippen LogP contribution in [0.3, 0.4) is 0 Å². The van der Waals surface area contributed by atoms with Crippen LogP contribution < -0.4 is 9.05 Å². The van der Waals surface area contributed by atoms with E-state index >= 15 is 0 Å². The van der Waals surface area contributed by atoms with E-state index in [9.17, 15) is 0 Å². The lowest BCUT2D eigenvalue weighted by Gasteiger charge is -2.03. The summed E-state index contributed by atoms with van der Waals surface area (Å²) < 4.78 is 15.3. The van der Waals surface area contributed by atoms with Crippen LogP contribution in [0.15, 0.2) is 53.0 Å². The molecule has 1 unspecified atom stereocenters. The van der Waals surface area contributed by atoms with Gasteiger partial charge in [0.05, 0.1) is 0 Å². The van der Waals surface area contributed by atoms with Gasteiger partial charge in [0.25, 0.3) is 0 Å². The molecule has 0 saturated carbocycles. The molecule has 0 spiro atoms. The number of nitrogens with zero attached hydrogens (tertiary/aromatic N) is 1. The highest BCUT2D eigenvalue weighted by atomic mass is 31.1. The molecule has 104 valence electrons. The zero-order valence-corrected chi connectivity index (χ0v) is 13.4. The van der Waals surface area contributed by atoms with E-state index in [1.54, 1.807) is 0 Å². The van der Waals surface area contributed by atoms with Gasteiger partial charge in [-0.25, -0.2) is 0 Å². The molecule has 0 radical (unpaired) electrons. The highest BCUT2D eigenvalue weighted by Crippen LogP contribution is 2.27. The van der Waals surface area contributed by atoms with Crippen LogP contribution in [0.5, 0.6) is 11.5 Å². The van der Waals surface area contributed by atoms with Crippen LogP contribution in [-0.4, -0.2) is 0 Å². The van der Waals surface area contributed by atoms with Gasteiger partial charge in [-0.15, -0.1) is 0 Å². The van der Waals surface area contributed by atoms with Crippen molar-refractivity contribution in [2.24, 2.45) is 4.52 Å². The second-order valence-corrected chi connectivity index (χ2v) is 5.82. The minimum atomic E-state index is 0.0441. The normalized spacial score (nSPS) is 11.3. The SMILES string of the molecule is CCc1cccc(OPN=POc2cccc(C)c2)c1. The molecule has 0 aliphatic carbocycles. The Morgan fingerprint density at radius 3 is 2.70 bits per heavy atom. The highest BCUT2D eigenvalue weighted by Gasteiger charge is 1.95. The van der Waals surface area contributed by atoms with Crippen LogP contribution in [0.4, 0.5) is 0 Å². The molecule has 1 atom stereocenters. The third kappa shape index (κ3) is 4.92. The van der Waals surface area contributed by atoms with Crippen molar-refractivity contribution in [3.8, 4) is 11.5 Å². The lowest BCUT2D eigenvalue weighted by atomic mass is 10.2. The summed E-state index contributed by atoms with van der Waals surface area (Å²) in [6, 6.07) is 16.0. The van der Waals surface area contributed by atoms with E-state index in [1.807, 2.05) is 49.4 Å². The molecule has 0 aliphatic heterocycles. The average Bonchev–Trinajstić information content (AvgIpc) is 2.47. The quantitative estimate of drug-likeness (QED) is 0.653. The van der Waals surface area contributed by atoms with Gasteiger partial charge in [0.1, 0.15) is 11.5 Å². The molecule has 5 heteroatoms. The summed E-state index contributed by atoms with van der Waals surface area (Å²) in [7, 11) is 0.606. The van der Waals surface area contributed by atoms with Crippen molar-refractivity contribution < 1.29 is 9.05 Å². The summed E-state index contributed by atoms with van der Waals surface area (Å²) in [5.41, 5.74) is 2.44. The maximum absolute atomic E-state index is 5.58. The average molecular weight is 305 g/mol. The molecule has 0 saturated heterocycles. The van der Waals surface area contributed by atoms with E-state index in [0.717, 1.165) is 17.9 Å². The van der Waals surface area contributed by atoms with E-state index in [2.05, 4.69) is 17.5 Å². The Hall–Kier alpha value is -1.43. The first kappa shape index (κ1) is 15.0. The molecule has 2 aromatic carbocycles. The summed E-state index contributed by atoms with van der Waals surface area (Å²) >= 11 is 0. The molecule has 2 rings (SSSR count). The van der Waals surface area contributed by atoms with E-state index in [-0.39, 0.29) is 8.96 Å². The van der Waals surface area contributed by atoms with Crippen molar-refractivity contribution in [1.82, 2.24) is 0 Å². The highest BCUT2D eigenvalue weighted by molar-refractivity contribution is 7.39. The molecule has 20 heavy (non-hydrogen) atoms. The summed E-state index contributed by atoms with van der Waals surface area (Å²) in [4.78, 5) is 0. The fraction of sp³-hybridized carbons (Fsp3) is 0.200. The number of hydrogen-bond acceptors (Lipinski definition) is 3. The molecule has 0 fully saturated rings. The topological polar surface area (TPSA) is 30.8 Å². The van der Waals surface area contributed by atoms with Crippen LogP contribution in [-0.2, 0) is 6.42 Å². The first-order valence-corrected chi connectivity index (χ1v) is 8.04. The van der Waals surface area contributed by atoms with E-state index in [4.69, 9.17) is 9.05 Å². The molecule has 0 N–H and O–H groups in total. The van der Waals surface area contributed by atoms with Crippen molar-refractivity contribution in [3.63, 3.8) is 0 Å². The Balaban J connectivity index is 1.79. The largest absolute Gasteiger partial charge is 0.454 e. The number of aryl methyl sites for hydroxylation is 2. The monoisotopic (exact) mass is 305 g/mol. The van der Waals surface area contributed by atoms with Crippen LogP contribution in [0.1, 0.15) is 18.1 Å². The summed E-state index contributed by atoms with van der Waals surface area (Å²) in [5, 5.41) is 0. The molecule has 0 aliphatic rings. The van der Waals surface area contributed by atoms with Crippen LogP contribution >= 0.6 is 17.6 Å². The van der Waals surface area contributed by atoms with Gasteiger partial charge in [0.2, 0.25) is 17.6 Å². The number of rotatable bonds is 6. The Kier molecular flexibility index (Phi) is 5.98. The van der Waals surface area contributed by atoms with Crippen molar-refractivity contribution in [3.05, 3.63) is 59.7 Å². The maximum Gasteiger partial charge on any atom is 0.249 e. The second-order valence-electron chi connectivity index (χ2n) is 4.28. The van der Waals surface area contributed by atoms with Crippen molar-refractivity contribution >= 4 is 17.6 Å². The number of hydrogen-bond donors (Lipinski definition) is 0. The number of benzene rings is 2. The summed E-state index contributed by atoms with van der Waals surface area (Å²) in [5.74, 6) is 1.69. The Labute approximate surface area is 123 Å². The lowest BCUT2D eigenvalue weighted by molar-refractivity contribution is 0.625. The van der Waals surface area contributed by atoms with Crippen LogP contribution in [0, 0.1) is 6.92 Å². The molecule has 0 amide bonds. The first-order valence-electron chi connectivity index (χ1n) is 6.42. The molecular formula is C15H17NO2P2. The van der Waals surface area contributed by atoms with Gasteiger partial charge in [-0.05, 0) is 48.7 Å². The third-order valence-electron chi connectivity index (χ3n) is 2.69. The Bertz CT molecular complexity index is 588. The van der Waals surface area contributed by atoms with Crippen LogP contribution in [0.25, 0.3) is 0 Å². The van der Waals surface area contributed by atoms with Gasteiger partial charge in [0, 0.05) is 0 Å². The predicted molar refractivity (Wildman–Crippen MR) is 85.9 cm³/mol. The van der Waals surface area contributed by atoms with Crippen molar-refractivity contribution in [2.45, 2.75) is 20.3 Å². The maximum atomic E-state index is 5.58. The summed E-state index contributed by atoms with van der Waals surface area (Å²) in [6.07, 6.45) is 1.01.